The van der Waals surface area contributed by atoms with Crippen LogP contribution in [0, 0.1) is 5.82 Å². The third-order valence-corrected chi connectivity index (χ3v) is 7.20. The molecule has 0 spiro atoms. The molecule has 31 heavy (non-hydrogen) atoms. The number of hydrogen-bond acceptors (Lipinski definition) is 7. The number of nitrogens with zero attached hydrogens (tertiary/aromatic N) is 2. The Bertz CT molecular complexity index is 1120. The lowest BCUT2D eigenvalue weighted by atomic mass is 10.0. The number of rotatable bonds is 7. The second kappa shape index (κ2) is 9.21. The molecule has 164 valence electrons. The smallest absolute Gasteiger partial charge is 0.263 e. The lowest BCUT2D eigenvalue weighted by molar-refractivity contribution is 0.449. The first-order valence-electron chi connectivity index (χ1n) is 9.94. The van der Waals surface area contributed by atoms with Crippen LogP contribution in [0.5, 0.6) is 0 Å². The van der Waals surface area contributed by atoms with Gasteiger partial charge in [0.25, 0.3) is 10.0 Å². The topological polar surface area (TPSA) is 86.4 Å². The summed E-state index contributed by atoms with van der Waals surface area (Å²) in [5.41, 5.74) is 3.84. The quantitative estimate of drug-likeness (QED) is 0.493. The molecule has 3 N–H and O–H groups in total. The molecule has 4 rings (SSSR count). The van der Waals surface area contributed by atoms with Gasteiger partial charge >= 0.3 is 0 Å². The van der Waals surface area contributed by atoms with E-state index in [9.17, 15) is 12.8 Å². The Balaban J connectivity index is 1.53. The van der Waals surface area contributed by atoms with Crippen LogP contribution in [-0.4, -0.2) is 39.6 Å². The van der Waals surface area contributed by atoms with Gasteiger partial charge in [0.05, 0.1) is 21.8 Å². The largest absolute Gasteiger partial charge is 0.368 e. The fourth-order valence-corrected chi connectivity index (χ4v) is 5.19. The minimum Gasteiger partial charge on any atom is -0.368 e. The highest BCUT2D eigenvalue weighted by molar-refractivity contribution is 7.92. The van der Waals surface area contributed by atoms with Crippen molar-refractivity contribution >= 4 is 44.2 Å². The zero-order valence-corrected chi connectivity index (χ0v) is 18.6. The summed E-state index contributed by atoms with van der Waals surface area (Å²) in [5.74, 6) is 0.00578. The third-order valence-electron chi connectivity index (χ3n) is 5.24. The van der Waals surface area contributed by atoms with Gasteiger partial charge in [-0.05, 0) is 62.4 Å². The molecule has 1 aliphatic rings. The van der Waals surface area contributed by atoms with E-state index in [1.54, 1.807) is 29.1 Å². The van der Waals surface area contributed by atoms with E-state index in [-0.39, 0.29) is 10.7 Å². The Kier molecular flexibility index (Phi) is 6.40. The van der Waals surface area contributed by atoms with Crippen LogP contribution in [-0.2, 0) is 10.0 Å². The first-order chi connectivity index (χ1) is 14.9. The molecule has 0 amide bonds. The van der Waals surface area contributed by atoms with Gasteiger partial charge < -0.3 is 15.5 Å². The maximum absolute atomic E-state index is 14.0. The van der Waals surface area contributed by atoms with E-state index in [1.165, 1.54) is 35.6 Å². The molecule has 3 aromatic rings. The van der Waals surface area contributed by atoms with E-state index in [0.717, 1.165) is 37.3 Å². The van der Waals surface area contributed by atoms with Crippen LogP contribution in [0.4, 0.5) is 27.3 Å². The van der Waals surface area contributed by atoms with Crippen LogP contribution >= 0.6 is 11.3 Å². The minimum absolute atomic E-state index is 0.137. The Hall–Kier alpha value is -2.69. The fraction of sp³-hybridized carbons (Fsp3) is 0.286. The van der Waals surface area contributed by atoms with Gasteiger partial charge in [-0.15, -0.1) is 11.3 Å². The van der Waals surface area contributed by atoms with Crippen molar-refractivity contribution in [2.24, 2.45) is 0 Å². The second-order valence-electron chi connectivity index (χ2n) is 7.36. The number of aromatic nitrogens is 1. The van der Waals surface area contributed by atoms with Crippen molar-refractivity contribution < 1.29 is 12.8 Å². The van der Waals surface area contributed by atoms with Crippen molar-refractivity contribution in [3.8, 4) is 0 Å². The lowest BCUT2D eigenvalue weighted by Crippen LogP contribution is -2.44. The Morgan fingerprint density at radius 3 is 2.71 bits per heavy atom. The molecule has 1 saturated heterocycles. The standard InChI is InChI=1S/C21H24FN5O2S2/c1-23-17-3-2-10-27(12-17)20-11-15(22)4-9-19(20)25-16-5-7-18(8-6-16)31(28,29)26-21-13-30-14-24-21/h4-9,11,13-14,17,23,25-26H,2-3,10,12H2,1H3. The molecule has 1 unspecified atom stereocenters. The van der Waals surface area contributed by atoms with E-state index < -0.39 is 10.0 Å². The van der Waals surface area contributed by atoms with E-state index >= 15 is 0 Å². The summed E-state index contributed by atoms with van der Waals surface area (Å²) < 4.78 is 41.5. The van der Waals surface area contributed by atoms with Gasteiger partial charge in [0.2, 0.25) is 0 Å². The summed E-state index contributed by atoms with van der Waals surface area (Å²) in [4.78, 5) is 6.26. The molecular formula is C21H24FN5O2S2. The molecule has 0 aliphatic carbocycles. The number of halogens is 1. The highest BCUT2D eigenvalue weighted by Crippen LogP contribution is 2.32. The Labute approximate surface area is 185 Å². The monoisotopic (exact) mass is 461 g/mol. The molecular weight excluding hydrogens is 437 g/mol. The van der Waals surface area contributed by atoms with Crippen LogP contribution < -0.4 is 20.3 Å². The average molecular weight is 462 g/mol. The van der Waals surface area contributed by atoms with Crippen molar-refractivity contribution in [1.29, 1.82) is 0 Å². The molecule has 2 heterocycles. The summed E-state index contributed by atoms with van der Waals surface area (Å²) in [7, 11) is -1.77. The van der Waals surface area contributed by atoms with Crippen molar-refractivity contribution in [1.82, 2.24) is 10.3 Å². The van der Waals surface area contributed by atoms with Crippen LogP contribution in [0.3, 0.4) is 0 Å². The maximum atomic E-state index is 14.0. The van der Waals surface area contributed by atoms with Crippen molar-refractivity contribution in [3.63, 3.8) is 0 Å². The van der Waals surface area contributed by atoms with E-state index in [2.05, 4.69) is 25.2 Å². The number of sulfonamides is 1. The highest BCUT2D eigenvalue weighted by Gasteiger charge is 2.21. The summed E-state index contributed by atoms with van der Waals surface area (Å²) in [6.07, 6.45) is 2.12. The molecule has 10 heteroatoms. The number of benzene rings is 2. The molecule has 1 aromatic heterocycles. The number of hydrogen-bond donors (Lipinski definition) is 3. The van der Waals surface area contributed by atoms with Gasteiger partial charge in [-0.25, -0.2) is 17.8 Å². The van der Waals surface area contributed by atoms with Crippen molar-refractivity contribution in [2.75, 3.05) is 35.1 Å². The highest BCUT2D eigenvalue weighted by atomic mass is 32.2. The molecule has 1 atom stereocenters. The van der Waals surface area contributed by atoms with Gasteiger partial charge in [-0.2, -0.15) is 0 Å². The van der Waals surface area contributed by atoms with Crippen LogP contribution in [0.2, 0.25) is 0 Å². The first-order valence-corrected chi connectivity index (χ1v) is 12.4. The third kappa shape index (κ3) is 5.15. The van der Waals surface area contributed by atoms with Crippen LogP contribution in [0.1, 0.15) is 12.8 Å². The van der Waals surface area contributed by atoms with Gasteiger partial charge in [0.15, 0.2) is 5.82 Å². The Morgan fingerprint density at radius 2 is 2.00 bits per heavy atom. The summed E-state index contributed by atoms with van der Waals surface area (Å²) in [6.45, 7) is 1.66. The first kappa shape index (κ1) is 21.5. The van der Waals surface area contributed by atoms with Crippen molar-refractivity contribution in [2.45, 2.75) is 23.8 Å². The minimum atomic E-state index is -3.71. The average Bonchev–Trinajstić information content (AvgIpc) is 3.28. The summed E-state index contributed by atoms with van der Waals surface area (Å²) in [6, 6.07) is 11.5. The van der Waals surface area contributed by atoms with Gasteiger partial charge in [0.1, 0.15) is 5.82 Å². The van der Waals surface area contributed by atoms with Gasteiger partial charge in [-0.3, -0.25) is 4.72 Å². The summed E-state index contributed by atoms with van der Waals surface area (Å²) in [5, 5.41) is 8.23. The molecule has 1 fully saturated rings. The maximum Gasteiger partial charge on any atom is 0.263 e. The van der Waals surface area contributed by atoms with Crippen molar-refractivity contribution in [3.05, 3.63) is 59.2 Å². The predicted molar refractivity (Wildman–Crippen MR) is 123 cm³/mol. The Morgan fingerprint density at radius 1 is 1.19 bits per heavy atom. The molecule has 0 saturated carbocycles. The SMILES string of the molecule is CNC1CCCN(c2cc(F)ccc2Nc2ccc(S(=O)(=O)Nc3cscn3)cc2)C1. The predicted octanol–water partition coefficient (Wildman–Crippen LogP) is 4.01. The van der Waals surface area contributed by atoms with E-state index in [0.29, 0.717) is 17.5 Å². The summed E-state index contributed by atoms with van der Waals surface area (Å²) >= 11 is 1.31. The number of piperidine rings is 1. The zero-order valence-electron chi connectivity index (χ0n) is 17.0. The van der Waals surface area contributed by atoms with Crippen LogP contribution in [0.25, 0.3) is 0 Å². The fourth-order valence-electron chi connectivity index (χ4n) is 3.64. The number of anilines is 4. The van der Waals surface area contributed by atoms with Gasteiger partial charge in [0, 0.05) is 30.2 Å². The number of likely N-dealkylation sites (N-methyl/N-ethyl adjacent to an activating group) is 1. The lowest BCUT2D eigenvalue weighted by Gasteiger charge is -2.35. The van der Waals surface area contributed by atoms with Gasteiger partial charge in [-0.1, -0.05) is 0 Å². The normalized spacial score (nSPS) is 16.8. The molecule has 7 nitrogen and oxygen atoms in total. The number of nitrogens with one attached hydrogen (secondary N) is 3. The number of thiazole rings is 1. The molecule has 0 bridgehead atoms. The van der Waals surface area contributed by atoms with E-state index in [1.807, 2.05) is 7.05 Å². The molecule has 0 radical (unpaired) electrons. The van der Waals surface area contributed by atoms with Crippen LogP contribution in [0.15, 0.2) is 58.3 Å². The second-order valence-corrected chi connectivity index (χ2v) is 9.76. The zero-order chi connectivity index (χ0) is 21.8. The molecule has 1 aliphatic heterocycles. The molecule has 2 aromatic carbocycles. The van der Waals surface area contributed by atoms with E-state index in [4.69, 9.17) is 0 Å².